The zero-order valence-corrected chi connectivity index (χ0v) is 25.7. The standard InChI is InChI=1S/C16H26N4O4.C7H11N3.C2H8N2.C2H6/c1-15(2,3)23-13(21)19(9-8-17)10-11-20(12-18-7)14(22)24-16(4,5)6;1-9-5-2-3-6-10-7-4-8;3-1-2-4;1-2/h9-12H2,1-6H3;10H,2-3,5-7H2;1-4H2;1-2H3. The van der Waals surface area contributed by atoms with Gasteiger partial charge < -0.3 is 31.1 Å². The van der Waals surface area contributed by atoms with E-state index in [9.17, 15) is 9.59 Å². The number of amides is 2. The minimum atomic E-state index is -0.688. The van der Waals surface area contributed by atoms with E-state index in [0.29, 0.717) is 26.2 Å². The summed E-state index contributed by atoms with van der Waals surface area (Å²) in [6.07, 6.45) is 0.641. The third kappa shape index (κ3) is 34.4. The number of ether oxygens (including phenoxy) is 2. The zero-order valence-electron chi connectivity index (χ0n) is 25.7. The zero-order chi connectivity index (χ0) is 32.0. The molecule has 0 aliphatic rings. The summed E-state index contributed by atoms with van der Waals surface area (Å²) in [4.78, 5) is 32.9. The molecule has 0 atom stereocenters. The summed E-state index contributed by atoms with van der Waals surface area (Å²) in [6.45, 7) is 30.6. The molecule has 40 heavy (non-hydrogen) atoms. The minimum absolute atomic E-state index is 0.0667. The predicted octanol–water partition coefficient (Wildman–Crippen LogP) is 3.59. The normalized spacial score (nSPS) is 9.55. The number of carbonyl (C=O) groups excluding carboxylic acids is 2. The van der Waals surface area contributed by atoms with Crippen LogP contribution in [0, 0.1) is 35.8 Å². The van der Waals surface area contributed by atoms with E-state index in [-0.39, 0.29) is 26.3 Å². The third-order valence-electron chi connectivity index (χ3n) is 3.69. The number of hydrogen-bond donors (Lipinski definition) is 3. The molecule has 0 radical (unpaired) electrons. The van der Waals surface area contributed by atoms with Crippen LogP contribution in [-0.2, 0) is 9.47 Å². The highest BCUT2D eigenvalue weighted by Gasteiger charge is 2.26. The van der Waals surface area contributed by atoms with Gasteiger partial charge >= 0.3 is 12.2 Å². The van der Waals surface area contributed by atoms with Gasteiger partial charge in [0, 0.05) is 32.6 Å². The number of nitriles is 2. The van der Waals surface area contributed by atoms with Crippen molar-refractivity contribution in [2.24, 2.45) is 11.5 Å². The summed E-state index contributed by atoms with van der Waals surface area (Å²) in [5, 5.41) is 19.9. The summed E-state index contributed by atoms with van der Waals surface area (Å²) in [5.74, 6) is 0. The number of nitrogens with zero attached hydrogens (tertiary/aromatic N) is 6. The van der Waals surface area contributed by atoms with Gasteiger partial charge in [-0.05, 0) is 54.5 Å². The van der Waals surface area contributed by atoms with Crippen LogP contribution >= 0.6 is 0 Å². The Kier molecular flexibility index (Phi) is 30.8. The summed E-state index contributed by atoms with van der Waals surface area (Å²) in [5.41, 5.74) is 8.43. The lowest BCUT2D eigenvalue weighted by atomic mass is 10.2. The van der Waals surface area contributed by atoms with Gasteiger partial charge in [-0.2, -0.15) is 10.5 Å². The second-order valence-electron chi connectivity index (χ2n) is 9.60. The largest absolute Gasteiger partial charge is 0.444 e. The van der Waals surface area contributed by atoms with Crippen LogP contribution in [0.15, 0.2) is 0 Å². The van der Waals surface area contributed by atoms with Crippen molar-refractivity contribution >= 4 is 12.2 Å². The maximum absolute atomic E-state index is 12.1. The van der Waals surface area contributed by atoms with Crippen LogP contribution in [-0.4, -0.2) is 92.2 Å². The maximum atomic E-state index is 12.1. The first-order chi connectivity index (χ1) is 18.7. The Balaban J connectivity index is -0.000000332. The molecule has 0 fully saturated rings. The van der Waals surface area contributed by atoms with E-state index in [1.54, 1.807) is 41.5 Å². The van der Waals surface area contributed by atoms with Crippen molar-refractivity contribution < 1.29 is 19.1 Å². The highest BCUT2D eigenvalue weighted by molar-refractivity contribution is 5.69. The Bertz CT molecular complexity index is 743. The average molecular weight is 566 g/mol. The molecule has 0 spiro atoms. The van der Waals surface area contributed by atoms with Gasteiger partial charge in [0.2, 0.25) is 6.54 Å². The van der Waals surface area contributed by atoms with Gasteiger partial charge in [-0.15, -0.1) is 0 Å². The van der Waals surface area contributed by atoms with Crippen LogP contribution in [0.2, 0.25) is 0 Å². The molecule has 2 amide bonds. The molecule has 13 nitrogen and oxygen atoms in total. The van der Waals surface area contributed by atoms with Gasteiger partial charge in [-0.3, -0.25) is 9.74 Å². The molecule has 0 bridgehead atoms. The van der Waals surface area contributed by atoms with Gasteiger partial charge in [0.15, 0.2) is 0 Å². The van der Waals surface area contributed by atoms with Crippen molar-refractivity contribution in [1.29, 1.82) is 10.5 Å². The molecular weight excluding hydrogens is 514 g/mol. The van der Waals surface area contributed by atoms with Crippen LogP contribution in [0.5, 0.6) is 0 Å². The van der Waals surface area contributed by atoms with Crippen LogP contribution in [0.3, 0.4) is 0 Å². The molecule has 0 heterocycles. The third-order valence-corrected chi connectivity index (χ3v) is 3.69. The van der Waals surface area contributed by atoms with Gasteiger partial charge in [-0.25, -0.2) is 27.6 Å². The van der Waals surface area contributed by atoms with Crippen LogP contribution in [0.25, 0.3) is 9.69 Å². The first kappa shape index (κ1) is 43.4. The van der Waals surface area contributed by atoms with Gasteiger partial charge in [-0.1, -0.05) is 13.8 Å². The second-order valence-corrected chi connectivity index (χ2v) is 9.60. The van der Waals surface area contributed by atoms with Gasteiger partial charge in [0.1, 0.15) is 17.7 Å². The fraction of sp³-hybridized carbons (Fsp3) is 0.778. The Labute approximate surface area is 242 Å². The summed E-state index contributed by atoms with van der Waals surface area (Å²) >= 11 is 0. The SMILES string of the molecule is CC.NCCN.[C-]#[N+]CCCCNCC#N.[C-]#[N+]CN(CCN(CC#N)C(=O)OC(C)(C)C)C(=O)OC(C)(C)C. The van der Waals surface area contributed by atoms with E-state index < -0.39 is 23.4 Å². The first-order valence-electron chi connectivity index (χ1n) is 13.2. The van der Waals surface area contributed by atoms with Gasteiger partial charge in [0.05, 0.1) is 18.7 Å². The molecule has 0 aromatic rings. The molecule has 0 aromatic heterocycles. The maximum Gasteiger partial charge on any atom is 0.416 e. The number of nitrogens with two attached hydrogens (primary N) is 2. The van der Waals surface area contributed by atoms with E-state index in [0.717, 1.165) is 19.4 Å². The molecule has 13 heteroatoms. The van der Waals surface area contributed by atoms with Gasteiger partial charge in [0.25, 0.3) is 6.67 Å². The Morgan fingerprint density at radius 3 is 1.70 bits per heavy atom. The summed E-state index contributed by atoms with van der Waals surface area (Å²) in [6, 6.07) is 3.87. The molecule has 5 N–H and O–H groups in total. The lowest BCUT2D eigenvalue weighted by Gasteiger charge is -2.28. The smallest absolute Gasteiger partial charge is 0.416 e. The van der Waals surface area contributed by atoms with Crippen molar-refractivity contribution in [1.82, 2.24) is 15.1 Å². The molecule has 0 saturated carbocycles. The summed E-state index contributed by atoms with van der Waals surface area (Å²) < 4.78 is 10.5. The number of hydrogen-bond acceptors (Lipinski definition) is 9. The Morgan fingerprint density at radius 1 is 0.850 bits per heavy atom. The molecule has 228 valence electrons. The molecule has 0 aliphatic carbocycles. The Morgan fingerprint density at radius 2 is 1.32 bits per heavy atom. The predicted molar refractivity (Wildman–Crippen MR) is 156 cm³/mol. The van der Waals surface area contributed by atoms with E-state index in [4.69, 9.17) is 44.6 Å². The first-order valence-corrected chi connectivity index (χ1v) is 13.2. The Hall–Kier alpha value is -3.62. The quantitative estimate of drug-likeness (QED) is 0.192. The lowest BCUT2D eigenvalue weighted by molar-refractivity contribution is 0.0165. The molecule has 0 aromatic carbocycles. The molecule has 0 aliphatic heterocycles. The van der Waals surface area contributed by atoms with Crippen LogP contribution in [0.1, 0.15) is 68.2 Å². The monoisotopic (exact) mass is 565 g/mol. The van der Waals surface area contributed by atoms with Crippen molar-refractivity contribution in [3.63, 3.8) is 0 Å². The highest BCUT2D eigenvalue weighted by Crippen LogP contribution is 2.12. The van der Waals surface area contributed by atoms with Crippen molar-refractivity contribution in [2.45, 2.75) is 79.4 Å². The highest BCUT2D eigenvalue weighted by atomic mass is 16.6. The fourth-order valence-corrected chi connectivity index (χ4v) is 2.10. The second kappa shape index (κ2) is 28.4. The molecule has 0 rings (SSSR count). The topological polar surface area (TPSA) is 179 Å². The lowest BCUT2D eigenvalue weighted by Crippen LogP contribution is -2.44. The molecular formula is C27H51N9O4. The fourth-order valence-electron chi connectivity index (χ4n) is 2.10. The number of rotatable bonds is 11. The van der Waals surface area contributed by atoms with Crippen LogP contribution < -0.4 is 16.8 Å². The van der Waals surface area contributed by atoms with E-state index in [1.807, 2.05) is 26.0 Å². The number of carbonyl (C=O) groups is 2. The van der Waals surface area contributed by atoms with Crippen LogP contribution in [0.4, 0.5) is 9.59 Å². The van der Waals surface area contributed by atoms with E-state index in [1.165, 1.54) is 9.80 Å². The van der Waals surface area contributed by atoms with Crippen molar-refractivity contribution in [3.05, 3.63) is 22.8 Å². The summed E-state index contributed by atoms with van der Waals surface area (Å²) in [7, 11) is 0. The van der Waals surface area contributed by atoms with E-state index >= 15 is 0 Å². The number of nitrogens with one attached hydrogen (secondary N) is 1. The minimum Gasteiger partial charge on any atom is -0.444 e. The van der Waals surface area contributed by atoms with Crippen molar-refractivity contribution in [2.75, 3.05) is 59.0 Å². The van der Waals surface area contributed by atoms with Crippen molar-refractivity contribution in [3.8, 4) is 12.1 Å². The molecule has 0 unspecified atom stereocenters. The molecule has 0 saturated heterocycles. The average Bonchev–Trinajstić information content (AvgIpc) is 2.87. The number of unbranched alkanes of at least 4 members (excludes halogenated alkanes) is 1. The van der Waals surface area contributed by atoms with E-state index in [2.05, 4.69) is 15.0 Å².